The summed E-state index contributed by atoms with van der Waals surface area (Å²) < 4.78 is 13.7. The van der Waals surface area contributed by atoms with Gasteiger partial charge in [-0.3, -0.25) is 14.6 Å². The minimum absolute atomic E-state index is 0.193. The van der Waals surface area contributed by atoms with Crippen LogP contribution < -0.4 is 0 Å². The number of pyridine rings is 1. The van der Waals surface area contributed by atoms with Crippen molar-refractivity contribution in [2.75, 3.05) is 13.2 Å². The van der Waals surface area contributed by atoms with Crippen LogP contribution in [0.5, 0.6) is 0 Å². The molecule has 1 atom stereocenters. The molecule has 130 valence electrons. The van der Waals surface area contributed by atoms with E-state index in [2.05, 4.69) is 25.7 Å². The van der Waals surface area contributed by atoms with Crippen molar-refractivity contribution in [2.45, 2.75) is 32.7 Å². The molecule has 25 heavy (non-hydrogen) atoms. The van der Waals surface area contributed by atoms with E-state index in [9.17, 15) is 0 Å². The Morgan fingerprint density at radius 2 is 2.16 bits per heavy atom. The molecular formula is C19H22N4O2. The molecule has 3 aromatic rings. The fourth-order valence-electron chi connectivity index (χ4n) is 3.28. The molecule has 0 aliphatic carbocycles. The van der Waals surface area contributed by atoms with Crippen LogP contribution in [-0.2, 0) is 24.4 Å². The molecule has 0 amide bonds. The Bertz CT molecular complexity index is 812. The number of rotatable bonds is 6. The minimum atomic E-state index is 0.193. The summed E-state index contributed by atoms with van der Waals surface area (Å²) in [6, 6.07) is 12.2. The zero-order chi connectivity index (χ0) is 17.1. The zero-order valence-corrected chi connectivity index (χ0v) is 14.3. The lowest BCUT2D eigenvalue weighted by Gasteiger charge is -2.33. The summed E-state index contributed by atoms with van der Waals surface area (Å²) in [5, 5.41) is 4.48. The van der Waals surface area contributed by atoms with Crippen molar-refractivity contribution >= 4 is 0 Å². The van der Waals surface area contributed by atoms with Crippen LogP contribution in [0.1, 0.15) is 29.0 Å². The van der Waals surface area contributed by atoms with Crippen molar-refractivity contribution < 1.29 is 9.15 Å². The van der Waals surface area contributed by atoms with Gasteiger partial charge in [0.1, 0.15) is 11.5 Å². The fraction of sp³-hybridized carbons (Fsp3) is 0.368. The van der Waals surface area contributed by atoms with Crippen LogP contribution in [0.4, 0.5) is 0 Å². The van der Waals surface area contributed by atoms with Gasteiger partial charge in [-0.05, 0) is 37.3 Å². The molecule has 6 heteroatoms. The number of aryl methyl sites for hydroxylation is 1. The second kappa shape index (κ2) is 7.21. The second-order valence-electron chi connectivity index (χ2n) is 6.44. The van der Waals surface area contributed by atoms with Gasteiger partial charge in [0.25, 0.3) is 0 Å². The smallest absolute Gasteiger partial charge is 0.118 e. The van der Waals surface area contributed by atoms with Gasteiger partial charge in [0, 0.05) is 25.5 Å². The van der Waals surface area contributed by atoms with Gasteiger partial charge in [-0.15, -0.1) is 0 Å². The SMILES string of the molecule is Cc1ccc(CN2Cc3ccnn3[C@@H](COCc3ccccn3)C2)o1. The maximum Gasteiger partial charge on any atom is 0.118 e. The van der Waals surface area contributed by atoms with Gasteiger partial charge in [-0.1, -0.05) is 6.07 Å². The predicted octanol–water partition coefficient (Wildman–Crippen LogP) is 2.95. The first kappa shape index (κ1) is 16.1. The van der Waals surface area contributed by atoms with Gasteiger partial charge in [0.05, 0.1) is 37.2 Å². The summed E-state index contributed by atoms with van der Waals surface area (Å²) >= 11 is 0. The molecule has 6 nitrogen and oxygen atoms in total. The van der Waals surface area contributed by atoms with Gasteiger partial charge < -0.3 is 9.15 Å². The molecule has 0 bridgehead atoms. The number of hydrogen-bond donors (Lipinski definition) is 0. The van der Waals surface area contributed by atoms with E-state index in [-0.39, 0.29) is 6.04 Å². The number of nitrogens with zero attached hydrogens (tertiary/aromatic N) is 4. The third-order valence-corrected chi connectivity index (χ3v) is 4.41. The van der Waals surface area contributed by atoms with Crippen LogP contribution >= 0.6 is 0 Å². The first-order chi connectivity index (χ1) is 12.3. The number of furan rings is 1. The molecule has 3 aromatic heterocycles. The number of hydrogen-bond acceptors (Lipinski definition) is 5. The van der Waals surface area contributed by atoms with Gasteiger partial charge in [0.2, 0.25) is 0 Å². The van der Waals surface area contributed by atoms with E-state index >= 15 is 0 Å². The summed E-state index contributed by atoms with van der Waals surface area (Å²) in [4.78, 5) is 6.68. The zero-order valence-electron chi connectivity index (χ0n) is 14.3. The molecule has 0 N–H and O–H groups in total. The Kier molecular flexibility index (Phi) is 4.63. The first-order valence-corrected chi connectivity index (χ1v) is 8.55. The van der Waals surface area contributed by atoms with E-state index in [4.69, 9.17) is 9.15 Å². The predicted molar refractivity (Wildman–Crippen MR) is 92.7 cm³/mol. The summed E-state index contributed by atoms with van der Waals surface area (Å²) in [5.74, 6) is 1.95. The average Bonchev–Trinajstić information content (AvgIpc) is 3.25. The number of ether oxygens (including phenoxy) is 1. The lowest BCUT2D eigenvalue weighted by atomic mass is 10.2. The number of fused-ring (bicyclic) bond motifs is 1. The Morgan fingerprint density at radius 1 is 1.20 bits per heavy atom. The second-order valence-corrected chi connectivity index (χ2v) is 6.44. The molecular weight excluding hydrogens is 316 g/mol. The Labute approximate surface area is 147 Å². The van der Waals surface area contributed by atoms with Crippen molar-refractivity contribution in [2.24, 2.45) is 0 Å². The highest BCUT2D eigenvalue weighted by atomic mass is 16.5. The van der Waals surface area contributed by atoms with Crippen molar-refractivity contribution in [1.29, 1.82) is 0 Å². The number of aromatic nitrogens is 3. The van der Waals surface area contributed by atoms with E-state index in [1.807, 2.05) is 43.5 Å². The van der Waals surface area contributed by atoms with E-state index < -0.39 is 0 Å². The quantitative estimate of drug-likeness (QED) is 0.692. The lowest BCUT2D eigenvalue weighted by molar-refractivity contribution is 0.0502. The van der Waals surface area contributed by atoms with Crippen molar-refractivity contribution in [3.05, 3.63) is 71.7 Å². The molecule has 0 fully saturated rings. The monoisotopic (exact) mass is 338 g/mol. The summed E-state index contributed by atoms with van der Waals surface area (Å²) in [6.45, 7) is 5.66. The van der Waals surface area contributed by atoms with Gasteiger partial charge in [-0.25, -0.2) is 0 Å². The van der Waals surface area contributed by atoms with E-state index in [0.29, 0.717) is 13.2 Å². The van der Waals surface area contributed by atoms with Crippen LogP contribution in [-0.4, -0.2) is 32.8 Å². The van der Waals surface area contributed by atoms with Crippen LogP contribution in [0.2, 0.25) is 0 Å². The topological polar surface area (TPSA) is 56.3 Å². The van der Waals surface area contributed by atoms with Crippen LogP contribution in [0.3, 0.4) is 0 Å². The first-order valence-electron chi connectivity index (χ1n) is 8.55. The maximum atomic E-state index is 5.91. The van der Waals surface area contributed by atoms with E-state index in [0.717, 1.165) is 36.8 Å². The molecule has 0 radical (unpaired) electrons. The molecule has 0 unspecified atom stereocenters. The lowest BCUT2D eigenvalue weighted by Crippen LogP contribution is -2.39. The molecule has 1 aliphatic heterocycles. The third-order valence-electron chi connectivity index (χ3n) is 4.41. The highest BCUT2D eigenvalue weighted by Gasteiger charge is 2.26. The van der Waals surface area contributed by atoms with Gasteiger partial charge in [0.15, 0.2) is 0 Å². The molecule has 0 aromatic carbocycles. The Hall–Kier alpha value is -2.44. The van der Waals surface area contributed by atoms with Gasteiger partial charge >= 0.3 is 0 Å². The fourth-order valence-corrected chi connectivity index (χ4v) is 3.28. The van der Waals surface area contributed by atoms with E-state index in [1.165, 1.54) is 5.69 Å². The molecule has 0 spiro atoms. The van der Waals surface area contributed by atoms with Gasteiger partial charge in [-0.2, -0.15) is 5.10 Å². The largest absolute Gasteiger partial charge is 0.465 e. The third kappa shape index (κ3) is 3.81. The molecule has 4 rings (SSSR count). The summed E-state index contributed by atoms with van der Waals surface area (Å²) in [7, 11) is 0. The summed E-state index contributed by atoms with van der Waals surface area (Å²) in [6.07, 6.45) is 3.65. The van der Waals surface area contributed by atoms with Crippen molar-refractivity contribution in [3.63, 3.8) is 0 Å². The van der Waals surface area contributed by atoms with Crippen LogP contribution in [0.15, 0.2) is 53.2 Å². The molecule has 4 heterocycles. The van der Waals surface area contributed by atoms with Crippen LogP contribution in [0.25, 0.3) is 0 Å². The van der Waals surface area contributed by atoms with Crippen molar-refractivity contribution in [1.82, 2.24) is 19.7 Å². The molecule has 0 saturated heterocycles. The molecule has 1 aliphatic rings. The van der Waals surface area contributed by atoms with E-state index in [1.54, 1.807) is 6.20 Å². The normalized spacial score (nSPS) is 17.6. The standard InChI is InChI=1S/C19H22N4O2/c1-15-5-6-19(25-15)12-22-10-17-7-9-21-23(17)18(11-22)14-24-13-16-4-2-3-8-20-16/h2-9,18H,10-14H2,1H3/t18-/m1/s1. The maximum absolute atomic E-state index is 5.91. The minimum Gasteiger partial charge on any atom is -0.465 e. The highest BCUT2D eigenvalue weighted by molar-refractivity contribution is 5.09. The summed E-state index contributed by atoms with van der Waals surface area (Å²) in [5.41, 5.74) is 2.16. The highest BCUT2D eigenvalue weighted by Crippen LogP contribution is 2.23. The molecule has 0 saturated carbocycles. The Balaban J connectivity index is 1.40. The van der Waals surface area contributed by atoms with Crippen molar-refractivity contribution in [3.8, 4) is 0 Å². The average molecular weight is 338 g/mol. The van der Waals surface area contributed by atoms with Crippen LogP contribution in [0, 0.1) is 6.92 Å². The Morgan fingerprint density at radius 3 is 2.96 bits per heavy atom.